The minimum atomic E-state index is -0.675. The topological polar surface area (TPSA) is 147 Å². The first kappa shape index (κ1) is 39.5. The molecule has 2 fully saturated rings. The molecule has 1 unspecified atom stereocenters. The summed E-state index contributed by atoms with van der Waals surface area (Å²) in [4.78, 5) is 49.5. The maximum absolute atomic E-state index is 15.5. The molecule has 0 aliphatic carbocycles. The molecule has 3 aromatic carbocycles. The summed E-state index contributed by atoms with van der Waals surface area (Å²) in [6.07, 6.45) is 6.25. The average Bonchev–Trinajstić information content (AvgIpc) is 3.19. The lowest BCUT2D eigenvalue weighted by Crippen LogP contribution is -2.56. The first-order valence-electron chi connectivity index (χ1n) is 19.2. The molecule has 2 saturated heterocycles. The highest BCUT2D eigenvalue weighted by Gasteiger charge is 2.31. The number of hydrogen-bond acceptors (Lipinski definition) is 10. The highest BCUT2D eigenvalue weighted by Crippen LogP contribution is 2.35. The molecule has 13 nitrogen and oxygen atoms in total. The summed E-state index contributed by atoms with van der Waals surface area (Å²) in [5.74, 6) is -1.03. The Labute approximate surface area is 330 Å². The number of aliphatic hydroxyl groups is 1. The lowest BCUT2D eigenvalue weighted by molar-refractivity contribution is -0.111. The fraction of sp³-hybridized carbons (Fsp3) is 0.372. The molecule has 5 aromatic rings. The maximum atomic E-state index is 15.5. The molecule has 0 saturated carbocycles. The van der Waals surface area contributed by atoms with Crippen LogP contribution in [0.4, 0.5) is 27.3 Å². The van der Waals surface area contributed by atoms with E-state index in [1.165, 1.54) is 29.1 Å². The van der Waals surface area contributed by atoms with Gasteiger partial charge in [0.05, 0.1) is 40.9 Å². The van der Waals surface area contributed by atoms with Gasteiger partial charge in [0.25, 0.3) is 11.1 Å². The number of amides is 1. The molecule has 3 N–H and O–H groups in total. The highest BCUT2D eigenvalue weighted by molar-refractivity contribution is 6.02. The van der Waals surface area contributed by atoms with Gasteiger partial charge in [-0.1, -0.05) is 39.5 Å². The number of rotatable bonds is 9. The molecule has 0 spiro atoms. The Morgan fingerprint density at radius 1 is 1.07 bits per heavy atom. The first-order chi connectivity index (χ1) is 27.3. The fourth-order valence-electron chi connectivity index (χ4n) is 7.85. The van der Waals surface area contributed by atoms with Crippen molar-refractivity contribution in [2.24, 2.45) is 7.05 Å². The SMILES string of the molecule is C=CC(=O)Nc1cc(Nc2nc(-c3cccc(-n4ncc5cc(C(C)(C)C)cc(F)c5c4=O)c3CO)cn(C)c2=O)ccc1N1CCN(C2CCOCC2)CC1C. The van der Waals surface area contributed by atoms with Gasteiger partial charge in [0.2, 0.25) is 5.91 Å². The van der Waals surface area contributed by atoms with Crippen molar-refractivity contribution in [2.45, 2.75) is 64.6 Å². The standard InChI is InChI=1S/C43H49FN8O5/c1-7-38(54)47-34-21-29(11-12-37(34)51-16-15-50(23-26(51)2)30-13-17-57-18-14-30)46-40-42(56)49(6)24-35(48-40)31-9-8-10-36(32(31)25-53)52-41(55)39-27(22-45-52)19-28(20-33(39)44)43(3,4)5/h7-12,19-22,24,26,30,53H,1,13-18,23,25H2,2-6H3,(H,46,48)(H,47,54). The quantitative estimate of drug-likeness (QED) is 0.161. The van der Waals surface area contributed by atoms with Crippen molar-refractivity contribution in [3.8, 4) is 16.9 Å². The molecule has 2 aromatic heterocycles. The van der Waals surface area contributed by atoms with Crippen LogP contribution in [0, 0.1) is 5.82 Å². The molecular formula is C43H49FN8O5. The van der Waals surface area contributed by atoms with Crippen molar-refractivity contribution in [1.82, 2.24) is 24.2 Å². The molecule has 14 heteroatoms. The van der Waals surface area contributed by atoms with E-state index < -0.39 is 23.5 Å². The van der Waals surface area contributed by atoms with E-state index in [1.54, 1.807) is 37.4 Å². The number of carbonyl (C=O) groups is 1. The minimum absolute atomic E-state index is 0.00537. The highest BCUT2D eigenvalue weighted by atomic mass is 19.1. The maximum Gasteiger partial charge on any atom is 0.293 e. The van der Waals surface area contributed by atoms with E-state index in [-0.39, 0.29) is 34.3 Å². The number of carbonyl (C=O) groups excluding carboxylic acids is 1. The number of aromatic nitrogens is 4. The van der Waals surface area contributed by atoms with Crippen molar-refractivity contribution >= 4 is 39.6 Å². The molecule has 298 valence electrons. The monoisotopic (exact) mass is 776 g/mol. The lowest BCUT2D eigenvalue weighted by Gasteiger charge is -2.45. The molecule has 2 aliphatic rings. The van der Waals surface area contributed by atoms with Gasteiger partial charge in [0.15, 0.2) is 5.82 Å². The number of aliphatic hydroxyl groups excluding tert-OH is 1. The van der Waals surface area contributed by atoms with E-state index in [4.69, 9.17) is 9.72 Å². The van der Waals surface area contributed by atoms with Gasteiger partial charge in [-0.05, 0) is 73.2 Å². The summed E-state index contributed by atoms with van der Waals surface area (Å²) >= 11 is 0. The molecule has 0 bridgehead atoms. The predicted octanol–water partition coefficient (Wildman–Crippen LogP) is 5.63. The van der Waals surface area contributed by atoms with E-state index in [0.717, 1.165) is 61.6 Å². The van der Waals surface area contributed by atoms with Crippen LogP contribution in [0.3, 0.4) is 0 Å². The summed E-state index contributed by atoms with van der Waals surface area (Å²) in [5.41, 5.74) is 2.52. The van der Waals surface area contributed by atoms with Crippen molar-refractivity contribution in [2.75, 3.05) is 48.4 Å². The summed E-state index contributed by atoms with van der Waals surface area (Å²) in [5, 5.41) is 21.5. The third kappa shape index (κ3) is 7.98. The normalized spacial score (nSPS) is 16.8. The Bertz CT molecular complexity index is 2470. The predicted molar refractivity (Wildman–Crippen MR) is 221 cm³/mol. The van der Waals surface area contributed by atoms with Crippen molar-refractivity contribution in [3.05, 3.63) is 111 Å². The average molecular weight is 777 g/mol. The Morgan fingerprint density at radius 2 is 1.84 bits per heavy atom. The van der Waals surface area contributed by atoms with Gasteiger partial charge in [-0.2, -0.15) is 9.78 Å². The number of ether oxygens (including phenoxy) is 1. The van der Waals surface area contributed by atoms with Crippen LogP contribution < -0.4 is 26.7 Å². The minimum Gasteiger partial charge on any atom is -0.392 e. The fourth-order valence-corrected chi connectivity index (χ4v) is 7.85. The van der Waals surface area contributed by atoms with Crippen LogP contribution in [0.5, 0.6) is 0 Å². The van der Waals surface area contributed by atoms with Crippen LogP contribution in [-0.2, 0) is 28.6 Å². The van der Waals surface area contributed by atoms with E-state index in [1.807, 2.05) is 32.9 Å². The second-order valence-electron chi connectivity index (χ2n) is 15.8. The molecule has 1 atom stereocenters. The van der Waals surface area contributed by atoms with Gasteiger partial charge in [0, 0.05) is 80.4 Å². The summed E-state index contributed by atoms with van der Waals surface area (Å²) in [7, 11) is 1.59. The number of benzene rings is 3. The Hall–Kier alpha value is -5.70. The van der Waals surface area contributed by atoms with Gasteiger partial charge in [-0.25, -0.2) is 9.37 Å². The second-order valence-corrected chi connectivity index (χ2v) is 15.8. The number of nitrogens with one attached hydrogen (secondary N) is 2. The molecule has 1 amide bonds. The van der Waals surface area contributed by atoms with Crippen LogP contribution in [-0.4, -0.2) is 80.2 Å². The van der Waals surface area contributed by atoms with Gasteiger partial charge >= 0.3 is 0 Å². The number of anilines is 4. The van der Waals surface area contributed by atoms with Crippen LogP contribution in [0.25, 0.3) is 27.7 Å². The first-order valence-corrected chi connectivity index (χ1v) is 19.2. The van der Waals surface area contributed by atoms with Crippen molar-refractivity contribution in [3.63, 3.8) is 0 Å². The zero-order chi connectivity index (χ0) is 40.6. The zero-order valence-electron chi connectivity index (χ0n) is 33.0. The van der Waals surface area contributed by atoms with Crippen LogP contribution in [0.15, 0.2) is 83.2 Å². The molecule has 57 heavy (non-hydrogen) atoms. The zero-order valence-corrected chi connectivity index (χ0v) is 33.0. The molecule has 7 rings (SSSR count). The van der Waals surface area contributed by atoms with Crippen molar-refractivity contribution < 1.29 is 19.0 Å². The molecule has 2 aliphatic heterocycles. The number of halogens is 1. The number of piperazine rings is 1. The summed E-state index contributed by atoms with van der Waals surface area (Å²) < 4.78 is 23.5. The van der Waals surface area contributed by atoms with Gasteiger partial charge in [-0.15, -0.1) is 0 Å². The molecule has 4 heterocycles. The summed E-state index contributed by atoms with van der Waals surface area (Å²) in [6, 6.07) is 14.4. The Morgan fingerprint density at radius 3 is 2.54 bits per heavy atom. The van der Waals surface area contributed by atoms with E-state index >= 15 is 4.39 Å². The van der Waals surface area contributed by atoms with E-state index in [0.29, 0.717) is 39.6 Å². The second kappa shape index (κ2) is 16.0. The van der Waals surface area contributed by atoms with Gasteiger partial charge in [0.1, 0.15) is 5.82 Å². The Balaban J connectivity index is 1.22. The van der Waals surface area contributed by atoms with Gasteiger partial charge < -0.3 is 29.9 Å². The van der Waals surface area contributed by atoms with E-state index in [2.05, 4.69) is 39.0 Å². The van der Waals surface area contributed by atoms with Crippen LogP contribution in [0.2, 0.25) is 0 Å². The lowest BCUT2D eigenvalue weighted by atomic mass is 9.86. The molecule has 0 radical (unpaired) electrons. The summed E-state index contributed by atoms with van der Waals surface area (Å²) in [6.45, 7) is 15.3. The smallest absolute Gasteiger partial charge is 0.293 e. The third-order valence-corrected chi connectivity index (χ3v) is 11.0. The number of fused-ring (bicyclic) bond motifs is 1. The number of nitrogens with zero attached hydrogens (tertiary/aromatic N) is 6. The van der Waals surface area contributed by atoms with E-state index in [9.17, 15) is 19.5 Å². The number of hydrogen-bond donors (Lipinski definition) is 3. The largest absolute Gasteiger partial charge is 0.392 e. The van der Waals surface area contributed by atoms with Crippen LogP contribution in [0.1, 0.15) is 51.7 Å². The molecular weight excluding hydrogens is 728 g/mol. The van der Waals surface area contributed by atoms with Crippen molar-refractivity contribution in [1.29, 1.82) is 0 Å². The number of aryl methyl sites for hydroxylation is 1. The third-order valence-electron chi connectivity index (χ3n) is 11.0. The Kier molecular flexibility index (Phi) is 11.1. The van der Waals surface area contributed by atoms with Crippen LogP contribution >= 0.6 is 0 Å². The van der Waals surface area contributed by atoms with Gasteiger partial charge in [-0.3, -0.25) is 19.3 Å².